The Hall–Kier alpha value is -0.820. The predicted molar refractivity (Wildman–Crippen MR) is 55.8 cm³/mol. The summed E-state index contributed by atoms with van der Waals surface area (Å²) < 4.78 is 0. The van der Waals surface area contributed by atoms with Gasteiger partial charge in [-0.15, -0.1) is 0 Å². The van der Waals surface area contributed by atoms with Crippen molar-refractivity contribution in [2.24, 2.45) is 0 Å². The van der Waals surface area contributed by atoms with Crippen LogP contribution in [0.5, 0.6) is 0 Å². The second kappa shape index (κ2) is 3.93. The molecular formula is C12H17N. The summed E-state index contributed by atoms with van der Waals surface area (Å²) in [5, 5.41) is 3.48. The number of hydrogen-bond donors (Lipinski definition) is 1. The van der Waals surface area contributed by atoms with E-state index in [2.05, 4.69) is 36.5 Å². The maximum absolute atomic E-state index is 3.48. The molecule has 0 fully saturated rings. The Morgan fingerprint density at radius 2 is 2.23 bits per heavy atom. The Bertz CT molecular complexity index is 280. The van der Waals surface area contributed by atoms with Crippen LogP contribution in [-0.4, -0.2) is 6.54 Å². The molecule has 1 aliphatic rings. The van der Waals surface area contributed by atoms with Crippen LogP contribution in [0.4, 0.5) is 0 Å². The molecular weight excluding hydrogens is 158 g/mol. The van der Waals surface area contributed by atoms with E-state index in [1.165, 1.54) is 18.4 Å². The van der Waals surface area contributed by atoms with Crippen LogP contribution in [0.2, 0.25) is 0 Å². The molecule has 0 aromatic heterocycles. The van der Waals surface area contributed by atoms with Gasteiger partial charge in [0.05, 0.1) is 0 Å². The Balaban J connectivity index is 2.26. The first-order chi connectivity index (χ1) is 6.42. The summed E-state index contributed by atoms with van der Waals surface area (Å²) in [6, 6.07) is 8.82. The van der Waals surface area contributed by atoms with E-state index in [9.17, 15) is 0 Å². The number of nitrogens with one attached hydrogen (secondary N) is 1. The van der Waals surface area contributed by atoms with Gasteiger partial charge in [0.1, 0.15) is 0 Å². The van der Waals surface area contributed by atoms with Crippen molar-refractivity contribution in [1.29, 1.82) is 0 Å². The van der Waals surface area contributed by atoms with Crippen molar-refractivity contribution in [2.75, 3.05) is 6.54 Å². The van der Waals surface area contributed by atoms with E-state index in [0.717, 1.165) is 19.0 Å². The zero-order valence-corrected chi connectivity index (χ0v) is 8.22. The maximum atomic E-state index is 3.48. The van der Waals surface area contributed by atoms with Crippen LogP contribution in [0.1, 0.15) is 36.8 Å². The molecule has 70 valence electrons. The van der Waals surface area contributed by atoms with Crippen LogP contribution in [0, 0.1) is 0 Å². The van der Waals surface area contributed by atoms with Crippen LogP contribution in [0.15, 0.2) is 24.3 Å². The number of fused-ring (bicyclic) bond motifs is 1. The fraction of sp³-hybridized carbons (Fsp3) is 0.500. The van der Waals surface area contributed by atoms with Crippen molar-refractivity contribution in [2.45, 2.75) is 32.2 Å². The third kappa shape index (κ3) is 1.75. The summed E-state index contributed by atoms with van der Waals surface area (Å²) in [6.07, 6.45) is 2.59. The van der Waals surface area contributed by atoms with Gasteiger partial charge < -0.3 is 5.32 Å². The highest BCUT2D eigenvalue weighted by Gasteiger charge is 2.17. The summed E-state index contributed by atoms with van der Waals surface area (Å²) in [4.78, 5) is 0. The SMILES string of the molecule is CCCC1CNCc2ccccc21. The van der Waals surface area contributed by atoms with Crippen LogP contribution in [0.3, 0.4) is 0 Å². The van der Waals surface area contributed by atoms with Crippen molar-refractivity contribution >= 4 is 0 Å². The molecule has 1 atom stereocenters. The largest absolute Gasteiger partial charge is 0.312 e. The van der Waals surface area contributed by atoms with E-state index < -0.39 is 0 Å². The molecule has 1 aromatic rings. The van der Waals surface area contributed by atoms with Gasteiger partial charge in [-0.25, -0.2) is 0 Å². The van der Waals surface area contributed by atoms with Crippen molar-refractivity contribution in [3.63, 3.8) is 0 Å². The molecule has 0 bridgehead atoms. The number of benzene rings is 1. The van der Waals surface area contributed by atoms with Gasteiger partial charge in [-0.1, -0.05) is 37.6 Å². The van der Waals surface area contributed by atoms with Crippen LogP contribution >= 0.6 is 0 Å². The second-order valence-corrected chi connectivity index (χ2v) is 3.82. The van der Waals surface area contributed by atoms with Gasteiger partial charge in [0.25, 0.3) is 0 Å². The van der Waals surface area contributed by atoms with Gasteiger partial charge in [0.15, 0.2) is 0 Å². The Kier molecular flexibility index (Phi) is 2.65. The van der Waals surface area contributed by atoms with Crippen molar-refractivity contribution in [3.8, 4) is 0 Å². The minimum absolute atomic E-state index is 0.745. The van der Waals surface area contributed by atoms with E-state index in [1.807, 2.05) is 0 Å². The predicted octanol–water partition coefficient (Wildman–Crippen LogP) is 2.67. The highest BCUT2D eigenvalue weighted by molar-refractivity contribution is 5.32. The van der Waals surface area contributed by atoms with Crippen LogP contribution in [0.25, 0.3) is 0 Å². The Morgan fingerprint density at radius 3 is 3.08 bits per heavy atom. The first-order valence-corrected chi connectivity index (χ1v) is 5.20. The molecule has 1 aromatic carbocycles. The number of rotatable bonds is 2. The van der Waals surface area contributed by atoms with Gasteiger partial charge in [-0.2, -0.15) is 0 Å². The molecule has 0 spiro atoms. The lowest BCUT2D eigenvalue weighted by atomic mass is 9.88. The summed E-state index contributed by atoms with van der Waals surface area (Å²) in [5.74, 6) is 0.745. The standard InChI is InChI=1S/C12H17N/c1-2-5-10-8-13-9-11-6-3-4-7-12(10)11/h3-4,6-7,10,13H,2,5,8-9H2,1H3. The van der Waals surface area contributed by atoms with E-state index in [0.29, 0.717) is 0 Å². The highest BCUT2D eigenvalue weighted by atomic mass is 14.9. The topological polar surface area (TPSA) is 12.0 Å². The van der Waals surface area contributed by atoms with E-state index in [-0.39, 0.29) is 0 Å². The lowest BCUT2D eigenvalue weighted by Crippen LogP contribution is -2.27. The lowest BCUT2D eigenvalue weighted by Gasteiger charge is -2.25. The number of hydrogen-bond acceptors (Lipinski definition) is 1. The molecule has 0 amide bonds. The average molecular weight is 175 g/mol. The molecule has 1 N–H and O–H groups in total. The average Bonchev–Trinajstić information content (AvgIpc) is 2.19. The molecule has 1 unspecified atom stereocenters. The van der Waals surface area contributed by atoms with Gasteiger partial charge in [0.2, 0.25) is 0 Å². The van der Waals surface area contributed by atoms with Gasteiger partial charge in [-0.05, 0) is 23.5 Å². The van der Waals surface area contributed by atoms with Crippen LogP contribution < -0.4 is 5.32 Å². The Labute approximate surface area is 80.2 Å². The zero-order chi connectivity index (χ0) is 9.10. The molecule has 13 heavy (non-hydrogen) atoms. The third-order valence-corrected chi connectivity index (χ3v) is 2.84. The second-order valence-electron chi connectivity index (χ2n) is 3.82. The molecule has 1 nitrogen and oxygen atoms in total. The molecule has 2 rings (SSSR count). The van der Waals surface area contributed by atoms with Gasteiger partial charge >= 0.3 is 0 Å². The fourth-order valence-electron chi connectivity index (χ4n) is 2.19. The molecule has 1 heteroatoms. The first kappa shape index (κ1) is 8.76. The summed E-state index contributed by atoms with van der Waals surface area (Å²) in [5.41, 5.74) is 3.07. The quantitative estimate of drug-likeness (QED) is 0.728. The normalized spacial score (nSPS) is 21.2. The molecule has 0 saturated heterocycles. The molecule has 0 saturated carbocycles. The van der Waals surface area contributed by atoms with Gasteiger partial charge in [0, 0.05) is 13.1 Å². The van der Waals surface area contributed by atoms with E-state index in [1.54, 1.807) is 5.56 Å². The lowest BCUT2D eigenvalue weighted by molar-refractivity contribution is 0.509. The third-order valence-electron chi connectivity index (χ3n) is 2.84. The smallest absolute Gasteiger partial charge is 0.0208 e. The van der Waals surface area contributed by atoms with Crippen molar-refractivity contribution in [1.82, 2.24) is 5.32 Å². The molecule has 1 heterocycles. The maximum Gasteiger partial charge on any atom is 0.0208 e. The molecule has 1 aliphatic heterocycles. The summed E-state index contributed by atoms with van der Waals surface area (Å²) in [6.45, 7) is 4.47. The minimum Gasteiger partial charge on any atom is -0.312 e. The monoisotopic (exact) mass is 175 g/mol. The molecule has 0 radical (unpaired) electrons. The van der Waals surface area contributed by atoms with E-state index in [4.69, 9.17) is 0 Å². The first-order valence-electron chi connectivity index (χ1n) is 5.20. The van der Waals surface area contributed by atoms with Crippen molar-refractivity contribution < 1.29 is 0 Å². The Morgan fingerprint density at radius 1 is 1.38 bits per heavy atom. The fourth-order valence-corrected chi connectivity index (χ4v) is 2.19. The summed E-state index contributed by atoms with van der Waals surface area (Å²) >= 11 is 0. The summed E-state index contributed by atoms with van der Waals surface area (Å²) in [7, 11) is 0. The van der Waals surface area contributed by atoms with Gasteiger partial charge in [-0.3, -0.25) is 0 Å². The molecule has 0 aliphatic carbocycles. The van der Waals surface area contributed by atoms with E-state index >= 15 is 0 Å². The highest BCUT2D eigenvalue weighted by Crippen LogP contribution is 2.27. The zero-order valence-electron chi connectivity index (χ0n) is 8.22. The van der Waals surface area contributed by atoms with Crippen LogP contribution in [-0.2, 0) is 6.54 Å². The van der Waals surface area contributed by atoms with Crippen molar-refractivity contribution in [3.05, 3.63) is 35.4 Å². The minimum atomic E-state index is 0.745.